The third kappa shape index (κ3) is 3.40. The fourth-order valence-electron chi connectivity index (χ4n) is 1.91. The molecular formula is C16H14N2O4S. The summed E-state index contributed by atoms with van der Waals surface area (Å²) >= 11 is 1.43. The zero-order chi connectivity index (χ0) is 16.2. The summed E-state index contributed by atoms with van der Waals surface area (Å²) < 4.78 is 16.0. The summed E-state index contributed by atoms with van der Waals surface area (Å²) in [6, 6.07) is 8.95. The number of hydrogen-bond acceptors (Lipinski definition) is 7. The quantitative estimate of drug-likeness (QED) is 0.664. The summed E-state index contributed by atoms with van der Waals surface area (Å²) in [5, 5.41) is 11.5. The van der Waals surface area contributed by atoms with Gasteiger partial charge in [-0.25, -0.2) is 4.79 Å². The van der Waals surface area contributed by atoms with Crippen LogP contribution in [0.2, 0.25) is 0 Å². The molecule has 2 aromatic heterocycles. The van der Waals surface area contributed by atoms with Gasteiger partial charge >= 0.3 is 5.97 Å². The molecule has 0 amide bonds. The highest BCUT2D eigenvalue weighted by atomic mass is 32.1. The zero-order valence-electron chi connectivity index (χ0n) is 12.6. The van der Waals surface area contributed by atoms with E-state index in [1.807, 2.05) is 17.5 Å². The topological polar surface area (TPSA) is 74.5 Å². The van der Waals surface area contributed by atoms with E-state index in [2.05, 4.69) is 10.2 Å². The van der Waals surface area contributed by atoms with Gasteiger partial charge < -0.3 is 13.9 Å². The Labute approximate surface area is 136 Å². The predicted octanol–water partition coefficient (Wildman–Crippen LogP) is 3.72. The van der Waals surface area contributed by atoms with Crippen LogP contribution >= 0.6 is 11.3 Å². The van der Waals surface area contributed by atoms with Crippen LogP contribution in [0.15, 0.2) is 45.5 Å². The molecule has 0 saturated heterocycles. The van der Waals surface area contributed by atoms with E-state index in [0.717, 1.165) is 11.3 Å². The fraction of sp³-hybridized carbons (Fsp3) is 0.188. The highest BCUT2D eigenvalue weighted by molar-refractivity contribution is 7.08. The van der Waals surface area contributed by atoms with Gasteiger partial charge in [0.05, 0.1) is 12.7 Å². The summed E-state index contributed by atoms with van der Waals surface area (Å²) in [6.45, 7) is 1.69. The Morgan fingerprint density at radius 3 is 2.65 bits per heavy atom. The fourth-order valence-corrected chi connectivity index (χ4v) is 2.53. The van der Waals surface area contributed by atoms with Crippen molar-refractivity contribution in [2.24, 2.45) is 0 Å². The molecule has 23 heavy (non-hydrogen) atoms. The second-order valence-electron chi connectivity index (χ2n) is 4.73. The van der Waals surface area contributed by atoms with Crippen LogP contribution in [0.3, 0.4) is 0 Å². The maximum absolute atomic E-state index is 11.9. The second kappa shape index (κ2) is 6.62. The summed E-state index contributed by atoms with van der Waals surface area (Å²) in [4.78, 5) is 11.9. The first kappa shape index (κ1) is 15.2. The molecule has 0 N–H and O–H groups in total. The van der Waals surface area contributed by atoms with Crippen LogP contribution in [0.5, 0.6) is 5.75 Å². The van der Waals surface area contributed by atoms with E-state index in [4.69, 9.17) is 13.9 Å². The van der Waals surface area contributed by atoms with Crippen LogP contribution in [0.1, 0.15) is 29.3 Å². The number of rotatable bonds is 5. The summed E-state index contributed by atoms with van der Waals surface area (Å²) in [7, 11) is 1.60. The van der Waals surface area contributed by atoms with Gasteiger partial charge in [0, 0.05) is 10.9 Å². The third-order valence-corrected chi connectivity index (χ3v) is 3.85. The summed E-state index contributed by atoms with van der Waals surface area (Å²) in [6.07, 6.45) is -0.623. The van der Waals surface area contributed by atoms with E-state index in [1.54, 1.807) is 37.6 Å². The number of carbonyl (C=O) groups excluding carboxylic acids is 1. The number of esters is 1. The molecule has 0 fully saturated rings. The van der Waals surface area contributed by atoms with Gasteiger partial charge in [-0.3, -0.25) is 0 Å². The van der Waals surface area contributed by atoms with Gasteiger partial charge in [-0.05, 0) is 42.6 Å². The molecule has 6 nitrogen and oxygen atoms in total. The largest absolute Gasteiger partial charge is 0.497 e. The first-order valence-corrected chi connectivity index (χ1v) is 7.82. The maximum Gasteiger partial charge on any atom is 0.339 e. The molecule has 3 aromatic rings. The van der Waals surface area contributed by atoms with Crippen molar-refractivity contribution in [3.63, 3.8) is 0 Å². The predicted molar refractivity (Wildman–Crippen MR) is 84.4 cm³/mol. The summed E-state index contributed by atoms with van der Waals surface area (Å²) in [5.74, 6) is 0.940. The smallest absolute Gasteiger partial charge is 0.339 e. The Kier molecular flexibility index (Phi) is 4.38. The van der Waals surface area contributed by atoms with Gasteiger partial charge in [0.15, 0.2) is 6.10 Å². The van der Waals surface area contributed by atoms with E-state index in [9.17, 15) is 4.79 Å². The van der Waals surface area contributed by atoms with Gasteiger partial charge in [0.25, 0.3) is 5.89 Å². The molecule has 1 unspecified atom stereocenters. The van der Waals surface area contributed by atoms with Crippen LogP contribution in [0, 0.1) is 0 Å². The van der Waals surface area contributed by atoms with Crippen molar-refractivity contribution in [1.29, 1.82) is 0 Å². The second-order valence-corrected chi connectivity index (χ2v) is 5.51. The molecule has 2 heterocycles. The number of benzene rings is 1. The molecule has 0 bridgehead atoms. The number of thiophene rings is 1. The van der Waals surface area contributed by atoms with Crippen LogP contribution in [0.25, 0.3) is 11.5 Å². The van der Waals surface area contributed by atoms with E-state index < -0.39 is 12.1 Å². The van der Waals surface area contributed by atoms with E-state index >= 15 is 0 Å². The first-order chi connectivity index (χ1) is 11.2. The van der Waals surface area contributed by atoms with Crippen LogP contribution < -0.4 is 4.74 Å². The van der Waals surface area contributed by atoms with Crippen molar-refractivity contribution in [1.82, 2.24) is 10.2 Å². The SMILES string of the molecule is COc1ccc(-c2nnc(C(C)OC(=O)c3ccsc3)o2)cc1. The van der Waals surface area contributed by atoms with Crippen molar-refractivity contribution in [3.05, 3.63) is 52.5 Å². The van der Waals surface area contributed by atoms with Gasteiger partial charge in [0.1, 0.15) is 5.75 Å². The Hall–Kier alpha value is -2.67. The molecular weight excluding hydrogens is 316 g/mol. The Bertz CT molecular complexity index is 781. The van der Waals surface area contributed by atoms with Gasteiger partial charge in [-0.15, -0.1) is 10.2 Å². The number of aromatic nitrogens is 2. The van der Waals surface area contributed by atoms with Gasteiger partial charge in [0.2, 0.25) is 5.89 Å². The number of methoxy groups -OCH3 is 1. The van der Waals surface area contributed by atoms with Crippen LogP contribution in [0.4, 0.5) is 0 Å². The average Bonchev–Trinajstić information content (AvgIpc) is 3.26. The van der Waals surface area contributed by atoms with Gasteiger partial charge in [-0.2, -0.15) is 11.3 Å². The lowest BCUT2D eigenvalue weighted by Gasteiger charge is -2.08. The Balaban J connectivity index is 1.71. The number of carbonyl (C=O) groups is 1. The lowest BCUT2D eigenvalue weighted by Crippen LogP contribution is -2.08. The zero-order valence-corrected chi connectivity index (χ0v) is 13.4. The van der Waals surface area contributed by atoms with Crippen molar-refractivity contribution >= 4 is 17.3 Å². The molecule has 0 radical (unpaired) electrons. The minimum atomic E-state index is -0.623. The normalized spacial score (nSPS) is 11.9. The molecule has 3 rings (SSSR count). The standard InChI is InChI=1S/C16H14N2O4S/c1-10(21-16(19)12-7-8-23-9-12)14-17-18-15(22-14)11-3-5-13(20-2)6-4-11/h3-10H,1-2H3. The molecule has 1 aromatic carbocycles. The average molecular weight is 330 g/mol. The van der Waals surface area contributed by atoms with E-state index in [0.29, 0.717) is 11.5 Å². The van der Waals surface area contributed by atoms with Gasteiger partial charge in [-0.1, -0.05) is 0 Å². The van der Waals surface area contributed by atoms with E-state index in [1.165, 1.54) is 11.3 Å². The minimum absolute atomic E-state index is 0.249. The molecule has 0 aliphatic heterocycles. The Morgan fingerprint density at radius 1 is 1.22 bits per heavy atom. The van der Waals surface area contributed by atoms with Crippen molar-refractivity contribution in [3.8, 4) is 17.2 Å². The highest BCUT2D eigenvalue weighted by Gasteiger charge is 2.20. The first-order valence-electron chi connectivity index (χ1n) is 6.88. The highest BCUT2D eigenvalue weighted by Crippen LogP contribution is 2.24. The molecule has 0 spiro atoms. The Morgan fingerprint density at radius 2 is 2.00 bits per heavy atom. The lowest BCUT2D eigenvalue weighted by molar-refractivity contribution is 0.0280. The van der Waals surface area contributed by atoms with Crippen molar-refractivity contribution in [2.75, 3.05) is 7.11 Å². The summed E-state index contributed by atoms with van der Waals surface area (Å²) in [5.41, 5.74) is 1.28. The number of ether oxygens (including phenoxy) is 2. The molecule has 0 aliphatic rings. The van der Waals surface area contributed by atoms with E-state index in [-0.39, 0.29) is 5.89 Å². The molecule has 7 heteroatoms. The lowest BCUT2D eigenvalue weighted by atomic mass is 10.2. The van der Waals surface area contributed by atoms with Crippen molar-refractivity contribution < 1.29 is 18.7 Å². The third-order valence-electron chi connectivity index (χ3n) is 3.17. The molecule has 1 atom stereocenters. The molecule has 118 valence electrons. The molecule has 0 aliphatic carbocycles. The number of hydrogen-bond donors (Lipinski definition) is 0. The maximum atomic E-state index is 11.9. The molecule has 0 saturated carbocycles. The number of nitrogens with zero attached hydrogens (tertiary/aromatic N) is 2. The minimum Gasteiger partial charge on any atom is -0.497 e. The van der Waals surface area contributed by atoms with Crippen molar-refractivity contribution in [2.45, 2.75) is 13.0 Å². The monoisotopic (exact) mass is 330 g/mol. The van der Waals surface area contributed by atoms with Crippen LogP contribution in [-0.4, -0.2) is 23.3 Å². The van der Waals surface area contributed by atoms with Crippen LogP contribution in [-0.2, 0) is 4.74 Å².